The fourth-order valence-corrected chi connectivity index (χ4v) is 5.18. The molecule has 36 heavy (non-hydrogen) atoms. The van der Waals surface area contributed by atoms with Crippen molar-refractivity contribution in [1.82, 2.24) is 4.98 Å². The van der Waals surface area contributed by atoms with E-state index in [1.165, 1.54) is 11.3 Å². The number of carbonyl (C=O) groups is 1. The summed E-state index contributed by atoms with van der Waals surface area (Å²) in [6, 6.07) is 26.5. The molecule has 0 radical (unpaired) electrons. The van der Waals surface area contributed by atoms with Gasteiger partial charge in [0.2, 0.25) is 5.91 Å². The molecule has 9 heteroatoms. The third-order valence-corrected chi connectivity index (χ3v) is 7.05. The van der Waals surface area contributed by atoms with Crippen molar-refractivity contribution in [3.8, 4) is 11.3 Å². The van der Waals surface area contributed by atoms with E-state index in [0.29, 0.717) is 24.5 Å². The molecule has 1 heterocycles. The number of thiazole rings is 1. The molecule has 1 unspecified atom stereocenters. The van der Waals surface area contributed by atoms with Crippen LogP contribution in [0.5, 0.6) is 0 Å². The van der Waals surface area contributed by atoms with E-state index >= 15 is 0 Å². The maximum absolute atomic E-state index is 13.6. The summed E-state index contributed by atoms with van der Waals surface area (Å²) in [5.41, 5.74) is 4.10. The second kappa shape index (κ2) is 11.5. The minimum Gasteiger partial charge on any atom is -0.288 e. The first-order chi connectivity index (χ1) is 17.3. The molecule has 4 rings (SSSR count). The van der Waals surface area contributed by atoms with Crippen LogP contribution >= 0.6 is 11.3 Å². The molecule has 1 atom stereocenters. The Bertz CT molecular complexity index is 1390. The van der Waals surface area contributed by atoms with Gasteiger partial charge in [0.05, 0.1) is 11.4 Å². The number of benzene rings is 3. The fourth-order valence-electron chi connectivity index (χ4n) is 3.88. The van der Waals surface area contributed by atoms with Crippen LogP contribution < -0.4 is 9.62 Å². The van der Waals surface area contributed by atoms with E-state index in [0.717, 1.165) is 22.4 Å². The van der Waals surface area contributed by atoms with Crippen molar-refractivity contribution >= 4 is 38.4 Å². The van der Waals surface area contributed by atoms with Crippen molar-refractivity contribution in [2.45, 2.75) is 19.8 Å². The van der Waals surface area contributed by atoms with Gasteiger partial charge in [-0.15, -0.1) is 11.3 Å². The Labute approximate surface area is 215 Å². The van der Waals surface area contributed by atoms with Gasteiger partial charge in [-0.2, -0.15) is 8.42 Å². The maximum atomic E-state index is 13.6. The van der Waals surface area contributed by atoms with E-state index in [1.54, 1.807) is 29.2 Å². The molecule has 0 aliphatic heterocycles. The van der Waals surface area contributed by atoms with Gasteiger partial charge in [-0.25, -0.2) is 4.98 Å². The smallest absolute Gasteiger partial charge is 0.288 e. The van der Waals surface area contributed by atoms with Crippen molar-refractivity contribution in [2.75, 3.05) is 16.2 Å². The Balaban J connectivity index is 1.54. The molecule has 0 aliphatic carbocycles. The average Bonchev–Trinajstić information content (AvgIpc) is 3.35. The standard InChI is InChI=1S/C27H27N3O4S2/c1-20(18-22-8-4-2-5-9-22)26(31)30(27-28-25(19-35-27)23-10-6-3-7-11-23)17-16-21-12-14-24(15-13-21)29-36(32,33)34/h2-15,19-20,29H,16-18H2,1H3,(H,32,33,34). The quantitative estimate of drug-likeness (QED) is 0.269. The molecule has 0 bridgehead atoms. The van der Waals surface area contributed by atoms with Gasteiger partial charge >= 0.3 is 10.3 Å². The van der Waals surface area contributed by atoms with Crippen LogP contribution in [0.3, 0.4) is 0 Å². The molecule has 0 saturated heterocycles. The highest BCUT2D eigenvalue weighted by Gasteiger charge is 2.25. The zero-order valence-electron chi connectivity index (χ0n) is 19.7. The second-order valence-corrected chi connectivity index (χ2v) is 10.5. The summed E-state index contributed by atoms with van der Waals surface area (Å²) in [6.45, 7) is 2.36. The molecule has 1 aromatic heterocycles. The van der Waals surface area contributed by atoms with Crippen LogP contribution in [-0.4, -0.2) is 30.4 Å². The Morgan fingerprint density at radius 3 is 2.25 bits per heavy atom. The van der Waals surface area contributed by atoms with Crippen molar-refractivity contribution in [2.24, 2.45) is 5.92 Å². The summed E-state index contributed by atoms with van der Waals surface area (Å²) in [4.78, 5) is 20.1. The number of nitrogens with one attached hydrogen (secondary N) is 1. The minimum atomic E-state index is -4.33. The van der Waals surface area contributed by atoms with Gasteiger partial charge in [-0.1, -0.05) is 79.7 Å². The summed E-state index contributed by atoms with van der Waals surface area (Å²) in [5, 5.41) is 2.60. The molecular formula is C27H27N3O4S2. The number of carbonyl (C=O) groups excluding carboxylic acids is 1. The van der Waals surface area contributed by atoms with Gasteiger partial charge in [0, 0.05) is 23.4 Å². The van der Waals surface area contributed by atoms with E-state index in [4.69, 9.17) is 9.54 Å². The van der Waals surface area contributed by atoms with E-state index in [-0.39, 0.29) is 17.5 Å². The Kier molecular flexibility index (Phi) is 8.14. The number of amides is 1. The highest BCUT2D eigenvalue weighted by atomic mass is 32.2. The molecular weight excluding hydrogens is 494 g/mol. The lowest BCUT2D eigenvalue weighted by Gasteiger charge is -2.24. The highest BCUT2D eigenvalue weighted by Crippen LogP contribution is 2.29. The van der Waals surface area contributed by atoms with Crippen LogP contribution in [-0.2, 0) is 27.9 Å². The molecule has 1 amide bonds. The number of hydrogen-bond acceptors (Lipinski definition) is 5. The number of aromatic nitrogens is 1. The van der Waals surface area contributed by atoms with E-state index < -0.39 is 10.3 Å². The number of nitrogens with zero attached hydrogens (tertiary/aromatic N) is 2. The van der Waals surface area contributed by atoms with Crippen molar-refractivity contribution < 1.29 is 17.8 Å². The zero-order valence-corrected chi connectivity index (χ0v) is 21.4. The van der Waals surface area contributed by atoms with Crippen LogP contribution in [0.15, 0.2) is 90.3 Å². The van der Waals surface area contributed by atoms with Gasteiger partial charge < -0.3 is 0 Å². The third kappa shape index (κ3) is 7.00. The summed E-state index contributed by atoms with van der Waals surface area (Å²) in [5.74, 6) is -0.240. The van der Waals surface area contributed by atoms with E-state index in [2.05, 4.69) is 0 Å². The lowest BCUT2D eigenvalue weighted by atomic mass is 9.99. The molecule has 3 aromatic carbocycles. The first-order valence-electron chi connectivity index (χ1n) is 11.5. The van der Waals surface area contributed by atoms with Gasteiger partial charge in [-0.05, 0) is 36.1 Å². The highest BCUT2D eigenvalue weighted by molar-refractivity contribution is 7.87. The largest absolute Gasteiger partial charge is 0.357 e. The number of anilines is 2. The topological polar surface area (TPSA) is 99.6 Å². The lowest BCUT2D eigenvalue weighted by molar-refractivity contribution is -0.121. The van der Waals surface area contributed by atoms with Crippen LogP contribution in [0.2, 0.25) is 0 Å². The first kappa shape index (κ1) is 25.6. The van der Waals surface area contributed by atoms with Gasteiger partial charge in [0.25, 0.3) is 0 Å². The lowest BCUT2D eigenvalue weighted by Crippen LogP contribution is -2.37. The summed E-state index contributed by atoms with van der Waals surface area (Å²) < 4.78 is 33.0. The Morgan fingerprint density at radius 2 is 1.61 bits per heavy atom. The predicted octanol–water partition coefficient (Wildman–Crippen LogP) is 5.48. The SMILES string of the molecule is CC(Cc1ccccc1)C(=O)N(CCc1ccc(NS(=O)(=O)O)cc1)c1nc(-c2ccccc2)cs1. The maximum Gasteiger partial charge on any atom is 0.357 e. The number of hydrogen-bond donors (Lipinski definition) is 2. The normalized spacial score (nSPS) is 12.2. The first-order valence-corrected chi connectivity index (χ1v) is 13.8. The van der Waals surface area contributed by atoms with E-state index in [1.807, 2.05) is 77.7 Å². The van der Waals surface area contributed by atoms with Crippen molar-refractivity contribution in [1.29, 1.82) is 0 Å². The average molecular weight is 522 g/mol. The third-order valence-electron chi connectivity index (χ3n) is 5.69. The number of rotatable bonds is 10. The van der Waals surface area contributed by atoms with Crippen molar-refractivity contribution in [3.05, 3.63) is 101 Å². The van der Waals surface area contributed by atoms with Crippen molar-refractivity contribution in [3.63, 3.8) is 0 Å². The van der Waals surface area contributed by atoms with Crippen LogP contribution in [0.25, 0.3) is 11.3 Å². The Hall–Kier alpha value is -3.53. The molecule has 4 aromatic rings. The molecule has 0 fully saturated rings. The zero-order chi connectivity index (χ0) is 25.5. The molecule has 0 saturated carbocycles. The van der Waals surface area contributed by atoms with Crippen LogP contribution in [0.4, 0.5) is 10.8 Å². The molecule has 7 nitrogen and oxygen atoms in total. The van der Waals surface area contributed by atoms with Gasteiger partial charge in [0.1, 0.15) is 0 Å². The predicted molar refractivity (Wildman–Crippen MR) is 145 cm³/mol. The Morgan fingerprint density at radius 1 is 0.972 bits per heavy atom. The summed E-state index contributed by atoms with van der Waals surface area (Å²) >= 11 is 1.44. The fraction of sp³-hybridized carbons (Fsp3) is 0.185. The second-order valence-electron chi connectivity index (χ2n) is 8.49. The van der Waals surface area contributed by atoms with Gasteiger partial charge in [0.15, 0.2) is 5.13 Å². The summed E-state index contributed by atoms with van der Waals surface area (Å²) in [6.07, 6.45) is 1.18. The molecule has 0 aliphatic rings. The molecule has 2 N–H and O–H groups in total. The monoisotopic (exact) mass is 521 g/mol. The van der Waals surface area contributed by atoms with Crippen LogP contribution in [0.1, 0.15) is 18.1 Å². The minimum absolute atomic E-state index is 0.00234. The molecule has 186 valence electrons. The van der Waals surface area contributed by atoms with Crippen LogP contribution in [0, 0.1) is 5.92 Å². The summed E-state index contributed by atoms with van der Waals surface area (Å²) in [7, 11) is -4.33. The molecule has 0 spiro atoms. The van der Waals surface area contributed by atoms with Gasteiger partial charge in [-0.3, -0.25) is 19.0 Å². The van der Waals surface area contributed by atoms with E-state index in [9.17, 15) is 13.2 Å².